The van der Waals surface area contributed by atoms with E-state index in [1.54, 1.807) is 24.3 Å². The highest BCUT2D eigenvalue weighted by atomic mass is 32.2. The molecule has 0 radical (unpaired) electrons. The van der Waals surface area contributed by atoms with Crippen molar-refractivity contribution >= 4 is 15.9 Å². The lowest BCUT2D eigenvalue weighted by atomic mass is 10.1. The second-order valence-corrected chi connectivity index (χ2v) is 7.24. The van der Waals surface area contributed by atoms with Crippen LogP contribution in [0.4, 0.5) is 0 Å². The summed E-state index contributed by atoms with van der Waals surface area (Å²) in [5.74, 6) is 1.19. The third-order valence-corrected chi connectivity index (χ3v) is 4.76. The normalized spacial score (nSPS) is 11.0. The second-order valence-electron chi connectivity index (χ2n) is 5.68. The van der Waals surface area contributed by atoms with Gasteiger partial charge in [-0.05, 0) is 35.4 Å². The number of primary sulfonamides is 1. The quantitative estimate of drug-likeness (QED) is 0.695. The highest BCUT2D eigenvalue weighted by molar-refractivity contribution is 7.89. The van der Waals surface area contributed by atoms with E-state index in [0.29, 0.717) is 22.8 Å². The molecule has 0 saturated carbocycles. The maximum Gasteiger partial charge on any atom is 0.238 e. The summed E-state index contributed by atoms with van der Waals surface area (Å²) in [6.45, 7) is 0.258. The number of amides is 1. The van der Waals surface area contributed by atoms with Crippen LogP contribution >= 0.6 is 0 Å². The van der Waals surface area contributed by atoms with Crippen molar-refractivity contribution in [2.75, 3.05) is 21.3 Å². The van der Waals surface area contributed by atoms with Gasteiger partial charge in [0.15, 0.2) is 11.5 Å². The predicted octanol–water partition coefficient (Wildman–Crippen LogP) is 1.22. The Kier molecular flexibility index (Phi) is 6.65. The molecule has 146 valence electrons. The Bertz CT molecular complexity index is 885. The molecular formula is C18H22N2O6S. The summed E-state index contributed by atoms with van der Waals surface area (Å²) in [4.78, 5) is 12.2. The molecule has 0 spiro atoms. The van der Waals surface area contributed by atoms with E-state index in [1.165, 1.54) is 33.5 Å². The number of rotatable bonds is 8. The van der Waals surface area contributed by atoms with Gasteiger partial charge in [-0.3, -0.25) is 4.79 Å². The monoisotopic (exact) mass is 394 g/mol. The van der Waals surface area contributed by atoms with Crippen LogP contribution in [0.1, 0.15) is 11.1 Å². The number of hydrogen-bond donors (Lipinski definition) is 2. The Hall–Kier alpha value is -2.78. The number of methoxy groups -OCH3 is 3. The first-order valence-electron chi connectivity index (χ1n) is 7.95. The molecule has 0 fully saturated rings. The Morgan fingerprint density at radius 1 is 0.963 bits per heavy atom. The second kappa shape index (κ2) is 8.74. The molecule has 0 unspecified atom stereocenters. The minimum Gasteiger partial charge on any atom is -0.493 e. The average Bonchev–Trinajstić information content (AvgIpc) is 2.65. The van der Waals surface area contributed by atoms with E-state index in [1.807, 2.05) is 0 Å². The van der Waals surface area contributed by atoms with E-state index in [0.717, 1.165) is 5.56 Å². The number of carbonyl (C=O) groups excluding carboxylic acids is 1. The number of benzene rings is 2. The molecule has 0 aromatic heterocycles. The number of nitrogens with two attached hydrogens (primary N) is 1. The topological polar surface area (TPSA) is 117 Å². The molecule has 0 saturated heterocycles. The first-order chi connectivity index (χ1) is 12.8. The number of hydrogen-bond acceptors (Lipinski definition) is 6. The Balaban J connectivity index is 2.03. The average molecular weight is 394 g/mol. The molecule has 9 heteroatoms. The van der Waals surface area contributed by atoms with Gasteiger partial charge in [0.1, 0.15) is 0 Å². The molecule has 0 heterocycles. The van der Waals surface area contributed by atoms with Crippen LogP contribution in [0.3, 0.4) is 0 Å². The van der Waals surface area contributed by atoms with E-state index in [4.69, 9.17) is 19.3 Å². The molecule has 0 aliphatic rings. The van der Waals surface area contributed by atoms with E-state index < -0.39 is 10.0 Å². The van der Waals surface area contributed by atoms with Gasteiger partial charge < -0.3 is 19.5 Å². The van der Waals surface area contributed by atoms with Crippen LogP contribution in [0.25, 0.3) is 0 Å². The molecule has 8 nitrogen and oxygen atoms in total. The fraction of sp³-hybridized carbons (Fsp3) is 0.278. The zero-order chi connectivity index (χ0) is 20.0. The van der Waals surface area contributed by atoms with Crippen molar-refractivity contribution in [3.63, 3.8) is 0 Å². The highest BCUT2D eigenvalue weighted by Gasteiger charge is 2.15. The summed E-state index contributed by atoms with van der Waals surface area (Å²) in [6.07, 6.45) is 0.117. The van der Waals surface area contributed by atoms with Crippen LogP contribution < -0.4 is 24.7 Å². The third kappa shape index (κ3) is 5.35. The van der Waals surface area contributed by atoms with Gasteiger partial charge >= 0.3 is 0 Å². The van der Waals surface area contributed by atoms with Gasteiger partial charge in [-0.2, -0.15) is 0 Å². The van der Waals surface area contributed by atoms with Crippen LogP contribution in [-0.2, 0) is 27.8 Å². The zero-order valence-corrected chi connectivity index (χ0v) is 16.1. The summed E-state index contributed by atoms with van der Waals surface area (Å²) < 4.78 is 38.3. The Morgan fingerprint density at radius 2 is 1.52 bits per heavy atom. The van der Waals surface area contributed by atoms with Gasteiger partial charge in [0.05, 0.1) is 32.6 Å². The molecule has 27 heavy (non-hydrogen) atoms. The smallest absolute Gasteiger partial charge is 0.238 e. The van der Waals surface area contributed by atoms with Gasteiger partial charge in [-0.15, -0.1) is 0 Å². The molecule has 1 amide bonds. The van der Waals surface area contributed by atoms with Gasteiger partial charge in [0.2, 0.25) is 21.7 Å². The Morgan fingerprint density at radius 3 is 1.96 bits per heavy atom. The largest absolute Gasteiger partial charge is 0.493 e. The number of nitrogens with one attached hydrogen (secondary N) is 1. The lowest BCUT2D eigenvalue weighted by Crippen LogP contribution is -2.24. The van der Waals surface area contributed by atoms with Crippen molar-refractivity contribution < 1.29 is 27.4 Å². The standard InChI is InChI=1S/C18H22N2O6S/c1-24-15-8-13(9-16(25-2)18(15)26-3)10-17(21)20-11-12-4-6-14(7-5-12)27(19,22)23/h4-9H,10-11H2,1-3H3,(H,20,21)(H2,19,22,23). The molecule has 0 atom stereocenters. The molecule has 0 aliphatic carbocycles. The van der Waals surface area contributed by atoms with Crippen LogP contribution in [0.15, 0.2) is 41.3 Å². The summed E-state index contributed by atoms with van der Waals surface area (Å²) >= 11 is 0. The minimum atomic E-state index is -3.73. The first kappa shape index (κ1) is 20.5. The third-order valence-electron chi connectivity index (χ3n) is 3.83. The zero-order valence-electron chi connectivity index (χ0n) is 15.3. The SMILES string of the molecule is COc1cc(CC(=O)NCc2ccc(S(N)(=O)=O)cc2)cc(OC)c1OC. The van der Waals surface area contributed by atoms with Crippen LogP contribution in [0.5, 0.6) is 17.2 Å². The maximum absolute atomic E-state index is 12.2. The molecule has 0 bridgehead atoms. The number of carbonyl (C=O) groups is 1. The van der Waals surface area contributed by atoms with Gasteiger partial charge in [0, 0.05) is 6.54 Å². The van der Waals surface area contributed by atoms with Crippen molar-refractivity contribution in [1.82, 2.24) is 5.32 Å². The molecule has 3 N–H and O–H groups in total. The Labute approximate surface area is 158 Å². The lowest BCUT2D eigenvalue weighted by Gasteiger charge is -2.14. The van der Waals surface area contributed by atoms with E-state index in [-0.39, 0.29) is 23.8 Å². The lowest BCUT2D eigenvalue weighted by molar-refractivity contribution is -0.120. The van der Waals surface area contributed by atoms with Crippen molar-refractivity contribution in [3.05, 3.63) is 47.5 Å². The van der Waals surface area contributed by atoms with Crippen molar-refractivity contribution in [2.45, 2.75) is 17.9 Å². The number of sulfonamides is 1. The van der Waals surface area contributed by atoms with Crippen LogP contribution in [0, 0.1) is 0 Å². The number of ether oxygens (including phenoxy) is 3. The summed E-state index contributed by atoms with van der Waals surface area (Å²) in [6, 6.07) is 9.41. The summed E-state index contributed by atoms with van der Waals surface area (Å²) in [7, 11) is 0.789. The summed E-state index contributed by atoms with van der Waals surface area (Å²) in [5, 5.41) is 7.83. The predicted molar refractivity (Wildman–Crippen MR) is 99.5 cm³/mol. The van der Waals surface area contributed by atoms with E-state index in [9.17, 15) is 13.2 Å². The van der Waals surface area contributed by atoms with Crippen molar-refractivity contribution in [2.24, 2.45) is 5.14 Å². The van der Waals surface area contributed by atoms with Crippen LogP contribution in [0.2, 0.25) is 0 Å². The highest BCUT2D eigenvalue weighted by Crippen LogP contribution is 2.38. The summed E-state index contributed by atoms with van der Waals surface area (Å²) in [5.41, 5.74) is 1.45. The van der Waals surface area contributed by atoms with Gasteiger partial charge in [-0.25, -0.2) is 13.6 Å². The molecule has 2 rings (SSSR count). The molecule has 0 aliphatic heterocycles. The van der Waals surface area contributed by atoms with Gasteiger partial charge in [-0.1, -0.05) is 12.1 Å². The molecular weight excluding hydrogens is 372 g/mol. The first-order valence-corrected chi connectivity index (χ1v) is 9.50. The fourth-order valence-electron chi connectivity index (χ4n) is 2.48. The fourth-order valence-corrected chi connectivity index (χ4v) is 3.00. The maximum atomic E-state index is 12.2. The minimum absolute atomic E-state index is 0.0231. The van der Waals surface area contributed by atoms with Crippen LogP contribution in [-0.4, -0.2) is 35.7 Å². The van der Waals surface area contributed by atoms with Crippen molar-refractivity contribution in [3.8, 4) is 17.2 Å². The van der Waals surface area contributed by atoms with Crippen molar-refractivity contribution in [1.29, 1.82) is 0 Å². The van der Waals surface area contributed by atoms with E-state index in [2.05, 4.69) is 5.32 Å². The van der Waals surface area contributed by atoms with Gasteiger partial charge in [0.25, 0.3) is 0 Å². The molecule has 2 aromatic rings. The molecule has 2 aromatic carbocycles. The van der Waals surface area contributed by atoms with E-state index >= 15 is 0 Å².